The Morgan fingerprint density at radius 3 is 2.80 bits per heavy atom. The number of hydrogen-bond acceptors (Lipinski definition) is 2. The monoisotopic (exact) mass is 305 g/mol. The van der Waals surface area contributed by atoms with Crippen LogP contribution in [-0.4, -0.2) is 29.6 Å². The van der Waals surface area contributed by atoms with Crippen molar-refractivity contribution in [3.05, 3.63) is 21.9 Å². The third-order valence-electron chi connectivity index (χ3n) is 3.74. The second-order valence-electron chi connectivity index (χ2n) is 5.17. The lowest BCUT2D eigenvalue weighted by molar-refractivity contribution is -0.195. The molecule has 2 nitrogen and oxygen atoms in total. The Labute approximate surface area is 120 Å². The number of aryl methyl sites for hydroxylation is 2. The zero-order valence-electron chi connectivity index (χ0n) is 11.4. The molecule has 1 aromatic heterocycles. The lowest BCUT2D eigenvalue weighted by atomic mass is 10.0. The van der Waals surface area contributed by atoms with E-state index in [0.717, 1.165) is 15.3 Å². The topological polar surface area (TPSA) is 20.3 Å². The fourth-order valence-electron chi connectivity index (χ4n) is 2.59. The van der Waals surface area contributed by atoms with Gasteiger partial charge in [-0.3, -0.25) is 4.79 Å². The van der Waals surface area contributed by atoms with Gasteiger partial charge in [0.15, 0.2) is 0 Å². The van der Waals surface area contributed by atoms with Gasteiger partial charge in [0.2, 0.25) is 5.91 Å². The quantitative estimate of drug-likeness (QED) is 0.828. The van der Waals surface area contributed by atoms with Crippen LogP contribution in [-0.2, 0) is 11.2 Å². The predicted molar refractivity (Wildman–Crippen MR) is 72.8 cm³/mol. The number of hydrogen-bond donors (Lipinski definition) is 0. The molecule has 1 aromatic rings. The Hall–Kier alpha value is -1.04. The summed E-state index contributed by atoms with van der Waals surface area (Å²) in [5.41, 5.74) is 1.11. The van der Waals surface area contributed by atoms with E-state index >= 15 is 0 Å². The van der Waals surface area contributed by atoms with Gasteiger partial charge in [0.1, 0.15) is 6.04 Å². The molecule has 2 rings (SSSR count). The smallest absolute Gasteiger partial charge is 0.331 e. The minimum absolute atomic E-state index is 0.0350. The van der Waals surface area contributed by atoms with Crippen molar-refractivity contribution >= 4 is 17.2 Å². The van der Waals surface area contributed by atoms with Crippen LogP contribution in [0.15, 0.2) is 11.4 Å². The third-order valence-corrected chi connectivity index (χ3v) is 4.82. The highest BCUT2D eigenvalue weighted by Crippen LogP contribution is 2.32. The maximum absolute atomic E-state index is 12.9. The van der Waals surface area contributed by atoms with E-state index in [1.807, 2.05) is 18.4 Å². The van der Waals surface area contributed by atoms with Crippen molar-refractivity contribution in [2.24, 2.45) is 0 Å². The normalized spacial score (nSPS) is 20.2. The lowest BCUT2D eigenvalue weighted by Crippen LogP contribution is -2.51. The zero-order valence-corrected chi connectivity index (χ0v) is 12.2. The molecule has 0 radical (unpaired) electrons. The Balaban J connectivity index is 1.98. The molecule has 0 aromatic carbocycles. The van der Waals surface area contributed by atoms with Gasteiger partial charge >= 0.3 is 6.18 Å². The number of carbonyl (C=O) groups is 1. The summed E-state index contributed by atoms with van der Waals surface area (Å²) in [6, 6.07) is 0.373. The molecule has 1 fully saturated rings. The zero-order chi connectivity index (χ0) is 14.8. The van der Waals surface area contributed by atoms with Crippen LogP contribution in [0.25, 0.3) is 0 Å². The minimum Gasteiger partial charge on any atom is -0.331 e. The van der Waals surface area contributed by atoms with Gasteiger partial charge in [-0.15, -0.1) is 11.3 Å². The molecule has 0 spiro atoms. The molecule has 0 aliphatic carbocycles. The van der Waals surface area contributed by atoms with Gasteiger partial charge in [0.05, 0.1) is 0 Å². The number of amides is 1. The number of nitrogens with zero attached hydrogens (tertiary/aromatic N) is 1. The molecule has 1 atom stereocenters. The van der Waals surface area contributed by atoms with Crippen LogP contribution < -0.4 is 0 Å². The van der Waals surface area contributed by atoms with E-state index in [4.69, 9.17) is 0 Å². The number of alkyl halides is 3. The predicted octanol–water partition coefficient (Wildman–Crippen LogP) is 3.93. The van der Waals surface area contributed by atoms with Gasteiger partial charge in [0.25, 0.3) is 0 Å². The number of halogens is 3. The van der Waals surface area contributed by atoms with Gasteiger partial charge in [-0.05, 0) is 49.6 Å². The van der Waals surface area contributed by atoms with Crippen LogP contribution in [0.4, 0.5) is 13.2 Å². The van der Waals surface area contributed by atoms with Gasteiger partial charge in [-0.2, -0.15) is 13.2 Å². The first kappa shape index (κ1) is 15.4. The Morgan fingerprint density at radius 2 is 2.20 bits per heavy atom. The van der Waals surface area contributed by atoms with Crippen molar-refractivity contribution in [3.8, 4) is 0 Å². The lowest BCUT2D eigenvalue weighted by Gasteiger charge is -2.36. The van der Waals surface area contributed by atoms with Crippen molar-refractivity contribution < 1.29 is 18.0 Å². The van der Waals surface area contributed by atoms with Crippen molar-refractivity contribution in [1.29, 1.82) is 0 Å². The molecule has 20 heavy (non-hydrogen) atoms. The molecule has 0 bridgehead atoms. The van der Waals surface area contributed by atoms with E-state index in [1.54, 1.807) is 11.3 Å². The van der Waals surface area contributed by atoms with Crippen LogP contribution in [0.2, 0.25) is 0 Å². The minimum atomic E-state index is -4.31. The molecule has 1 aliphatic rings. The molecule has 112 valence electrons. The van der Waals surface area contributed by atoms with Crippen molar-refractivity contribution in [3.63, 3.8) is 0 Å². The highest BCUT2D eigenvalue weighted by atomic mass is 32.1. The number of carbonyl (C=O) groups excluding carboxylic acids is 1. The van der Waals surface area contributed by atoms with Crippen LogP contribution >= 0.6 is 11.3 Å². The summed E-state index contributed by atoms with van der Waals surface area (Å²) in [5, 5.41) is 1.94. The number of piperidine rings is 1. The third kappa shape index (κ3) is 3.53. The summed E-state index contributed by atoms with van der Waals surface area (Å²) in [5.74, 6) is -0.375. The maximum Gasteiger partial charge on any atom is 0.408 e. The molecule has 0 saturated carbocycles. The van der Waals surface area contributed by atoms with Crippen LogP contribution in [0.3, 0.4) is 0 Å². The average molecular weight is 305 g/mol. The second-order valence-corrected chi connectivity index (χ2v) is 6.17. The Bertz CT molecular complexity index is 469. The molecular formula is C14H18F3NOS. The Kier molecular flexibility index (Phi) is 4.73. The summed E-state index contributed by atoms with van der Waals surface area (Å²) < 4.78 is 38.8. The van der Waals surface area contributed by atoms with E-state index in [2.05, 4.69) is 0 Å². The van der Waals surface area contributed by atoms with Crippen molar-refractivity contribution in [2.75, 3.05) is 6.54 Å². The van der Waals surface area contributed by atoms with Crippen LogP contribution in [0, 0.1) is 6.92 Å². The number of likely N-dealkylation sites (tertiary alicyclic amines) is 1. The fraction of sp³-hybridized carbons (Fsp3) is 0.643. The molecule has 1 aliphatic heterocycles. The standard InChI is InChI=1S/C14H18F3NOS/c1-10-7-9-20-11(10)5-6-13(19)18-8-3-2-4-12(18)14(15,16)17/h7,9,12H,2-6,8H2,1H3. The summed E-state index contributed by atoms with van der Waals surface area (Å²) in [7, 11) is 0. The van der Waals surface area contributed by atoms with Gasteiger partial charge in [-0.25, -0.2) is 0 Å². The van der Waals surface area contributed by atoms with Gasteiger partial charge in [0, 0.05) is 17.8 Å². The highest BCUT2D eigenvalue weighted by molar-refractivity contribution is 7.10. The first-order chi connectivity index (χ1) is 9.39. The summed E-state index contributed by atoms with van der Waals surface area (Å²) in [6.07, 6.45) is -2.38. The SMILES string of the molecule is Cc1ccsc1CCC(=O)N1CCCCC1C(F)(F)F. The van der Waals surface area contributed by atoms with E-state index in [9.17, 15) is 18.0 Å². The fourth-order valence-corrected chi connectivity index (χ4v) is 3.50. The summed E-state index contributed by atoms with van der Waals surface area (Å²) >= 11 is 1.55. The van der Waals surface area contributed by atoms with Crippen molar-refractivity contribution in [1.82, 2.24) is 4.90 Å². The molecule has 2 heterocycles. The second kappa shape index (κ2) is 6.16. The van der Waals surface area contributed by atoms with Crippen LogP contribution in [0.1, 0.15) is 36.1 Å². The highest BCUT2D eigenvalue weighted by Gasteiger charge is 2.45. The molecule has 6 heteroatoms. The van der Waals surface area contributed by atoms with Crippen molar-refractivity contribution in [2.45, 2.75) is 51.2 Å². The van der Waals surface area contributed by atoms with Crippen LogP contribution in [0.5, 0.6) is 0 Å². The first-order valence-electron chi connectivity index (χ1n) is 6.78. The molecule has 1 unspecified atom stereocenters. The van der Waals surface area contributed by atoms with E-state index < -0.39 is 12.2 Å². The molecular weight excluding hydrogens is 287 g/mol. The average Bonchev–Trinajstić information content (AvgIpc) is 2.80. The molecule has 1 saturated heterocycles. The van der Waals surface area contributed by atoms with E-state index in [-0.39, 0.29) is 25.3 Å². The summed E-state index contributed by atoms with van der Waals surface area (Å²) in [6.45, 7) is 2.18. The molecule has 0 N–H and O–H groups in total. The maximum atomic E-state index is 12.9. The largest absolute Gasteiger partial charge is 0.408 e. The number of rotatable bonds is 3. The van der Waals surface area contributed by atoms with Gasteiger partial charge < -0.3 is 4.90 Å². The van der Waals surface area contributed by atoms with E-state index in [1.165, 1.54) is 0 Å². The van der Waals surface area contributed by atoms with Gasteiger partial charge in [-0.1, -0.05) is 0 Å². The first-order valence-corrected chi connectivity index (χ1v) is 7.66. The van der Waals surface area contributed by atoms with E-state index in [0.29, 0.717) is 19.3 Å². The Morgan fingerprint density at radius 1 is 1.45 bits per heavy atom. The number of thiophene rings is 1. The molecule has 1 amide bonds. The summed E-state index contributed by atoms with van der Waals surface area (Å²) in [4.78, 5) is 14.2.